The number of nitrogens with zero attached hydrogens (tertiary/aromatic N) is 4. The van der Waals surface area contributed by atoms with Crippen molar-refractivity contribution in [2.45, 2.75) is 5.54 Å². The maximum atomic E-state index is 11.7. The SMILES string of the molecule is N#CCO/N=C(\C(=O)O)c1nsc(NC(c2ccccc2)(c2ccccc2)c2ccccc2)n1. The Labute approximate surface area is 200 Å². The van der Waals surface area contributed by atoms with E-state index in [-0.39, 0.29) is 12.4 Å². The van der Waals surface area contributed by atoms with Crippen LogP contribution in [0.1, 0.15) is 22.5 Å². The molecule has 1 heterocycles. The van der Waals surface area contributed by atoms with Crippen LogP contribution in [0.5, 0.6) is 0 Å². The minimum absolute atomic E-state index is 0.110. The van der Waals surface area contributed by atoms with Crippen LogP contribution in [0, 0.1) is 11.3 Å². The lowest BCUT2D eigenvalue weighted by Gasteiger charge is -2.36. The molecular formula is C25H19N5O3S. The standard InChI is InChI=1S/C25H19N5O3S/c26-16-17-33-29-21(23(31)32)22-27-24(34-30-22)28-25(18-10-4-1-5-11-18,19-12-6-2-7-13-19)20-14-8-3-9-15-20/h1-15H,17H2,(H,31,32)(H,27,28,30)/b29-21-. The molecule has 0 unspecified atom stereocenters. The van der Waals surface area contributed by atoms with Gasteiger partial charge in [0.2, 0.25) is 23.3 Å². The number of benzene rings is 3. The lowest BCUT2D eigenvalue weighted by atomic mass is 9.77. The van der Waals surface area contributed by atoms with E-state index in [1.165, 1.54) is 0 Å². The first kappa shape index (κ1) is 22.6. The molecule has 34 heavy (non-hydrogen) atoms. The number of hydrogen-bond acceptors (Lipinski definition) is 8. The van der Waals surface area contributed by atoms with Gasteiger partial charge in [-0.25, -0.2) is 4.79 Å². The Kier molecular flexibility index (Phi) is 6.91. The van der Waals surface area contributed by atoms with Gasteiger partial charge in [-0.15, -0.1) is 0 Å². The van der Waals surface area contributed by atoms with E-state index in [1.54, 1.807) is 6.07 Å². The molecule has 0 aliphatic heterocycles. The third-order valence-corrected chi connectivity index (χ3v) is 5.67. The number of carboxylic acid groups (broad SMARTS) is 1. The molecule has 0 saturated heterocycles. The molecule has 0 amide bonds. The van der Waals surface area contributed by atoms with Gasteiger partial charge in [-0.05, 0) is 16.7 Å². The maximum Gasteiger partial charge on any atom is 0.362 e. The summed E-state index contributed by atoms with van der Waals surface area (Å²) in [4.78, 5) is 20.8. The van der Waals surface area contributed by atoms with Gasteiger partial charge in [-0.2, -0.15) is 14.6 Å². The van der Waals surface area contributed by atoms with Crippen molar-refractivity contribution >= 4 is 28.3 Å². The third kappa shape index (κ3) is 4.62. The van der Waals surface area contributed by atoms with Gasteiger partial charge in [-0.1, -0.05) is 96.2 Å². The monoisotopic (exact) mass is 469 g/mol. The summed E-state index contributed by atoms with van der Waals surface area (Å²) < 4.78 is 4.18. The highest BCUT2D eigenvalue weighted by Crippen LogP contribution is 2.40. The Hall–Kier alpha value is -4.55. The number of aromatic nitrogens is 2. The van der Waals surface area contributed by atoms with E-state index in [0.717, 1.165) is 28.2 Å². The molecule has 0 saturated carbocycles. The third-order valence-electron chi connectivity index (χ3n) is 5.04. The summed E-state index contributed by atoms with van der Waals surface area (Å²) in [5.41, 5.74) is 1.58. The Morgan fingerprint density at radius 2 is 1.47 bits per heavy atom. The lowest BCUT2D eigenvalue weighted by Crippen LogP contribution is -2.38. The molecule has 9 heteroatoms. The van der Waals surface area contributed by atoms with Gasteiger partial charge < -0.3 is 15.3 Å². The molecular weight excluding hydrogens is 450 g/mol. The van der Waals surface area contributed by atoms with Crippen LogP contribution in [-0.4, -0.2) is 32.8 Å². The van der Waals surface area contributed by atoms with E-state index in [0.29, 0.717) is 5.13 Å². The highest BCUT2D eigenvalue weighted by molar-refractivity contribution is 7.09. The molecule has 0 aliphatic carbocycles. The van der Waals surface area contributed by atoms with E-state index in [1.807, 2.05) is 91.0 Å². The van der Waals surface area contributed by atoms with Crippen molar-refractivity contribution in [1.82, 2.24) is 9.36 Å². The van der Waals surface area contributed by atoms with Gasteiger partial charge in [0, 0.05) is 11.5 Å². The number of nitriles is 1. The number of anilines is 1. The van der Waals surface area contributed by atoms with Crippen molar-refractivity contribution in [1.29, 1.82) is 5.26 Å². The number of hydrogen-bond donors (Lipinski definition) is 2. The quantitative estimate of drug-likeness (QED) is 0.162. The molecule has 168 valence electrons. The van der Waals surface area contributed by atoms with Crippen LogP contribution in [0.4, 0.5) is 5.13 Å². The van der Waals surface area contributed by atoms with Gasteiger partial charge in [0.15, 0.2) is 0 Å². The molecule has 4 rings (SSSR count). The molecule has 0 atom stereocenters. The largest absolute Gasteiger partial charge is 0.476 e. The number of carbonyl (C=O) groups is 1. The molecule has 0 bridgehead atoms. The summed E-state index contributed by atoms with van der Waals surface area (Å²) >= 11 is 1.01. The summed E-state index contributed by atoms with van der Waals surface area (Å²) in [6.07, 6.45) is 0. The van der Waals surface area contributed by atoms with Crippen molar-refractivity contribution in [3.8, 4) is 6.07 Å². The first-order chi connectivity index (χ1) is 16.6. The Morgan fingerprint density at radius 1 is 0.971 bits per heavy atom. The summed E-state index contributed by atoms with van der Waals surface area (Å²) in [6.45, 7) is -0.384. The van der Waals surface area contributed by atoms with Crippen LogP contribution in [0.25, 0.3) is 0 Å². The fourth-order valence-electron chi connectivity index (χ4n) is 3.61. The van der Waals surface area contributed by atoms with Crippen molar-refractivity contribution in [3.05, 3.63) is 114 Å². The van der Waals surface area contributed by atoms with Crippen molar-refractivity contribution < 1.29 is 14.7 Å². The number of rotatable bonds is 9. The average Bonchev–Trinajstić information content (AvgIpc) is 3.34. The normalized spacial score (nSPS) is 11.4. The number of carboxylic acids is 1. The van der Waals surface area contributed by atoms with Crippen LogP contribution < -0.4 is 5.32 Å². The second-order valence-electron chi connectivity index (χ2n) is 7.07. The molecule has 8 nitrogen and oxygen atoms in total. The molecule has 4 aromatic rings. The zero-order valence-corrected chi connectivity index (χ0v) is 18.6. The number of aliphatic carboxylic acids is 1. The lowest BCUT2D eigenvalue weighted by molar-refractivity contribution is -0.129. The van der Waals surface area contributed by atoms with Crippen LogP contribution in [0.3, 0.4) is 0 Å². The Bertz CT molecular complexity index is 1220. The zero-order valence-electron chi connectivity index (χ0n) is 17.8. The van der Waals surface area contributed by atoms with Gasteiger partial charge in [0.25, 0.3) is 0 Å². The predicted molar refractivity (Wildman–Crippen MR) is 128 cm³/mol. The smallest absolute Gasteiger partial charge is 0.362 e. The summed E-state index contributed by atoms with van der Waals surface area (Å²) in [7, 11) is 0. The minimum atomic E-state index is -1.36. The van der Waals surface area contributed by atoms with E-state index < -0.39 is 17.2 Å². The van der Waals surface area contributed by atoms with Crippen LogP contribution in [0.2, 0.25) is 0 Å². The van der Waals surface area contributed by atoms with E-state index in [9.17, 15) is 9.90 Å². The summed E-state index contributed by atoms with van der Waals surface area (Å²) in [5.74, 6) is -1.47. The topological polar surface area (TPSA) is 120 Å². The molecule has 0 fully saturated rings. The first-order valence-electron chi connectivity index (χ1n) is 10.2. The van der Waals surface area contributed by atoms with Crippen molar-refractivity contribution in [2.75, 3.05) is 11.9 Å². The first-order valence-corrected chi connectivity index (χ1v) is 11.0. The summed E-state index contributed by atoms with van der Waals surface area (Å²) in [6, 6.07) is 31.5. The molecule has 0 spiro atoms. The molecule has 3 aromatic carbocycles. The summed E-state index contributed by atoms with van der Waals surface area (Å²) in [5, 5.41) is 25.6. The van der Waals surface area contributed by atoms with Gasteiger partial charge in [-0.3, -0.25) is 0 Å². The Morgan fingerprint density at radius 3 is 1.91 bits per heavy atom. The molecule has 1 aromatic heterocycles. The highest BCUT2D eigenvalue weighted by Gasteiger charge is 2.37. The van der Waals surface area contributed by atoms with Crippen LogP contribution in [-0.2, 0) is 15.2 Å². The van der Waals surface area contributed by atoms with Gasteiger partial charge in [0.1, 0.15) is 11.6 Å². The maximum absolute atomic E-state index is 11.7. The fraction of sp³-hybridized carbons (Fsp3) is 0.0800. The van der Waals surface area contributed by atoms with Crippen LogP contribution >= 0.6 is 11.5 Å². The minimum Gasteiger partial charge on any atom is -0.476 e. The zero-order chi connectivity index (χ0) is 23.8. The molecule has 0 radical (unpaired) electrons. The fourth-order valence-corrected chi connectivity index (χ4v) is 4.24. The second-order valence-corrected chi connectivity index (χ2v) is 7.82. The highest BCUT2D eigenvalue weighted by atomic mass is 32.1. The number of nitrogens with one attached hydrogen (secondary N) is 1. The number of oxime groups is 1. The Balaban J connectivity index is 1.85. The molecule has 2 N–H and O–H groups in total. The van der Waals surface area contributed by atoms with Gasteiger partial charge >= 0.3 is 5.97 Å². The average molecular weight is 470 g/mol. The molecule has 0 aliphatic rings. The second kappa shape index (κ2) is 10.4. The predicted octanol–water partition coefficient (Wildman–Crippen LogP) is 4.27. The van der Waals surface area contributed by atoms with E-state index >= 15 is 0 Å². The van der Waals surface area contributed by atoms with Crippen LogP contribution in [0.15, 0.2) is 96.2 Å². The van der Waals surface area contributed by atoms with Crippen molar-refractivity contribution in [2.24, 2.45) is 5.16 Å². The van der Waals surface area contributed by atoms with E-state index in [4.69, 9.17) is 10.1 Å². The van der Waals surface area contributed by atoms with Crippen molar-refractivity contribution in [3.63, 3.8) is 0 Å². The van der Waals surface area contributed by atoms with Gasteiger partial charge in [0.05, 0.1) is 0 Å². The van der Waals surface area contributed by atoms with E-state index in [2.05, 4.69) is 19.8 Å².